The van der Waals surface area contributed by atoms with Crippen LogP contribution in [0.5, 0.6) is 0 Å². The number of nitro groups is 1. The standard InChI is InChI=1S/C13H10N4O6S/c14-11(8-5-10(17(21)22)24-6-8)16-23-13(20)15-9-3-1-7(2-4-9)12(18)19/h1-6H,(H2,14,16)(H,15,20)(H,18,19). The molecule has 0 radical (unpaired) electrons. The first-order valence-electron chi connectivity index (χ1n) is 6.25. The van der Waals surface area contributed by atoms with Crippen LogP contribution in [0.2, 0.25) is 0 Å². The largest absolute Gasteiger partial charge is 0.478 e. The van der Waals surface area contributed by atoms with Gasteiger partial charge in [0.25, 0.3) is 0 Å². The Morgan fingerprint density at radius 3 is 2.50 bits per heavy atom. The molecule has 0 saturated carbocycles. The predicted molar refractivity (Wildman–Crippen MR) is 85.2 cm³/mol. The van der Waals surface area contributed by atoms with Crippen LogP contribution < -0.4 is 11.1 Å². The lowest BCUT2D eigenvalue weighted by Crippen LogP contribution is -2.17. The lowest BCUT2D eigenvalue weighted by molar-refractivity contribution is -0.380. The van der Waals surface area contributed by atoms with Crippen LogP contribution in [0.1, 0.15) is 15.9 Å². The Labute approximate surface area is 138 Å². The summed E-state index contributed by atoms with van der Waals surface area (Å²) in [6.45, 7) is 0. The van der Waals surface area contributed by atoms with Gasteiger partial charge in [-0.25, -0.2) is 9.59 Å². The van der Waals surface area contributed by atoms with Crippen molar-refractivity contribution in [3.05, 3.63) is 57.0 Å². The summed E-state index contributed by atoms with van der Waals surface area (Å²) in [5.41, 5.74) is 6.18. The second-order valence-corrected chi connectivity index (χ2v) is 5.18. The van der Waals surface area contributed by atoms with E-state index in [1.807, 2.05) is 0 Å². The normalized spacial score (nSPS) is 10.9. The van der Waals surface area contributed by atoms with Crippen molar-refractivity contribution in [3.8, 4) is 0 Å². The van der Waals surface area contributed by atoms with Gasteiger partial charge in [-0.05, 0) is 24.3 Å². The van der Waals surface area contributed by atoms with Gasteiger partial charge in [0.1, 0.15) is 0 Å². The van der Waals surface area contributed by atoms with Gasteiger partial charge < -0.3 is 10.8 Å². The summed E-state index contributed by atoms with van der Waals surface area (Å²) in [5, 5.41) is 26.3. The topological polar surface area (TPSA) is 157 Å². The highest BCUT2D eigenvalue weighted by molar-refractivity contribution is 7.13. The molecule has 0 saturated heterocycles. The number of carbonyl (C=O) groups excluding carboxylic acids is 1. The smallest absolute Gasteiger partial charge is 0.437 e. The molecule has 0 atom stereocenters. The van der Waals surface area contributed by atoms with Crippen molar-refractivity contribution in [2.45, 2.75) is 0 Å². The van der Waals surface area contributed by atoms with Crippen molar-refractivity contribution < 1.29 is 24.5 Å². The van der Waals surface area contributed by atoms with Gasteiger partial charge in [0.2, 0.25) is 0 Å². The Balaban J connectivity index is 1.95. The molecule has 0 aliphatic rings. The molecular formula is C13H10N4O6S. The van der Waals surface area contributed by atoms with Crippen LogP contribution in [0.3, 0.4) is 0 Å². The zero-order chi connectivity index (χ0) is 17.7. The first-order chi connectivity index (χ1) is 11.4. The van der Waals surface area contributed by atoms with Gasteiger partial charge in [0.15, 0.2) is 5.84 Å². The number of carbonyl (C=O) groups is 2. The molecule has 1 aromatic carbocycles. The van der Waals surface area contributed by atoms with Crippen LogP contribution in [0.25, 0.3) is 0 Å². The summed E-state index contributed by atoms with van der Waals surface area (Å²) in [4.78, 5) is 36.8. The maximum absolute atomic E-state index is 11.6. The monoisotopic (exact) mass is 350 g/mol. The fraction of sp³-hybridized carbons (Fsp3) is 0. The van der Waals surface area contributed by atoms with E-state index < -0.39 is 17.0 Å². The number of hydrogen-bond donors (Lipinski definition) is 3. The van der Waals surface area contributed by atoms with Crippen LogP contribution in [0, 0.1) is 10.1 Å². The molecule has 4 N–H and O–H groups in total. The molecule has 0 aliphatic carbocycles. The number of rotatable bonds is 5. The number of oxime groups is 1. The molecule has 11 heteroatoms. The van der Waals surface area contributed by atoms with Crippen molar-refractivity contribution in [2.24, 2.45) is 10.9 Å². The number of carboxylic acid groups (broad SMARTS) is 1. The van der Waals surface area contributed by atoms with Crippen molar-refractivity contribution in [1.82, 2.24) is 0 Å². The summed E-state index contributed by atoms with van der Waals surface area (Å²) in [5.74, 6) is -1.29. The first kappa shape index (κ1) is 16.9. The van der Waals surface area contributed by atoms with E-state index in [-0.39, 0.29) is 22.0 Å². The Morgan fingerprint density at radius 1 is 1.29 bits per heavy atom. The third-order valence-corrected chi connectivity index (χ3v) is 3.55. The summed E-state index contributed by atoms with van der Waals surface area (Å²) in [6, 6.07) is 6.57. The number of nitrogens with two attached hydrogens (primary N) is 1. The number of carboxylic acids is 1. The van der Waals surface area contributed by atoms with Crippen LogP contribution >= 0.6 is 11.3 Å². The molecule has 0 bridgehead atoms. The molecule has 2 aromatic rings. The van der Waals surface area contributed by atoms with E-state index >= 15 is 0 Å². The van der Waals surface area contributed by atoms with E-state index in [0.29, 0.717) is 5.69 Å². The van der Waals surface area contributed by atoms with Gasteiger partial charge in [0.05, 0.1) is 10.5 Å². The molecule has 0 spiro atoms. The van der Waals surface area contributed by atoms with Gasteiger partial charge in [-0.1, -0.05) is 16.5 Å². The Kier molecular flexibility index (Phi) is 5.06. The highest BCUT2D eigenvalue weighted by Gasteiger charge is 2.13. The maximum Gasteiger partial charge on any atom is 0.437 e. The molecule has 0 fully saturated rings. The quantitative estimate of drug-likeness (QED) is 0.245. The predicted octanol–water partition coefficient (Wildman–Crippen LogP) is 2.22. The maximum atomic E-state index is 11.6. The van der Waals surface area contributed by atoms with Gasteiger partial charge in [0, 0.05) is 22.7 Å². The van der Waals surface area contributed by atoms with Crippen molar-refractivity contribution in [2.75, 3.05) is 5.32 Å². The number of nitrogens with zero attached hydrogens (tertiary/aromatic N) is 2. The van der Waals surface area contributed by atoms with Crippen molar-refractivity contribution in [1.29, 1.82) is 0 Å². The van der Waals surface area contributed by atoms with Crippen LogP contribution in [0.4, 0.5) is 15.5 Å². The number of aromatic carboxylic acids is 1. The summed E-state index contributed by atoms with van der Waals surface area (Å²) < 4.78 is 0. The second-order valence-electron chi connectivity index (χ2n) is 4.29. The summed E-state index contributed by atoms with van der Waals surface area (Å²) >= 11 is 0.863. The lowest BCUT2D eigenvalue weighted by atomic mass is 10.2. The number of anilines is 1. The lowest BCUT2D eigenvalue weighted by Gasteiger charge is -2.03. The summed E-state index contributed by atoms with van der Waals surface area (Å²) in [7, 11) is 0. The van der Waals surface area contributed by atoms with Crippen LogP contribution in [-0.4, -0.2) is 27.9 Å². The number of amidine groups is 1. The van der Waals surface area contributed by atoms with E-state index in [0.717, 1.165) is 11.3 Å². The van der Waals surface area contributed by atoms with Crippen molar-refractivity contribution >= 4 is 39.9 Å². The third-order valence-electron chi connectivity index (χ3n) is 2.67. The molecule has 124 valence electrons. The Morgan fingerprint density at radius 2 is 1.96 bits per heavy atom. The minimum atomic E-state index is -1.09. The molecule has 2 rings (SSSR count). The van der Waals surface area contributed by atoms with E-state index in [9.17, 15) is 19.7 Å². The number of benzene rings is 1. The van der Waals surface area contributed by atoms with E-state index in [4.69, 9.17) is 10.8 Å². The number of amides is 1. The molecule has 1 amide bonds. The van der Waals surface area contributed by atoms with Gasteiger partial charge >= 0.3 is 17.1 Å². The van der Waals surface area contributed by atoms with Gasteiger partial charge in [-0.15, -0.1) is 0 Å². The molecule has 0 aliphatic heterocycles. The fourth-order valence-electron chi connectivity index (χ4n) is 1.54. The molecule has 0 unspecified atom stereocenters. The van der Waals surface area contributed by atoms with Crippen molar-refractivity contribution in [3.63, 3.8) is 0 Å². The molecule has 10 nitrogen and oxygen atoms in total. The minimum absolute atomic E-state index is 0.0650. The SMILES string of the molecule is N/C(=N/OC(=O)Nc1ccc(C(=O)O)cc1)c1csc([N+](=O)[O-])c1. The third kappa shape index (κ3) is 4.27. The number of thiophene rings is 1. The number of hydrogen-bond acceptors (Lipinski definition) is 7. The average molecular weight is 350 g/mol. The Bertz CT molecular complexity index is 814. The summed E-state index contributed by atoms with van der Waals surface area (Å²) in [6.07, 6.45) is -0.953. The molecule has 24 heavy (non-hydrogen) atoms. The second kappa shape index (κ2) is 7.19. The molecule has 1 aromatic heterocycles. The van der Waals surface area contributed by atoms with Gasteiger partial charge in [-0.3, -0.25) is 20.3 Å². The fourth-order valence-corrected chi connectivity index (χ4v) is 2.25. The highest BCUT2D eigenvalue weighted by Crippen LogP contribution is 2.22. The van der Waals surface area contributed by atoms with E-state index in [1.54, 1.807) is 0 Å². The van der Waals surface area contributed by atoms with Gasteiger partial charge in [-0.2, -0.15) is 0 Å². The number of nitrogens with one attached hydrogen (secondary N) is 1. The Hall–Kier alpha value is -3.47. The zero-order valence-corrected chi connectivity index (χ0v) is 12.6. The van der Waals surface area contributed by atoms with Crippen LogP contribution in [-0.2, 0) is 4.84 Å². The molecule has 1 heterocycles. The first-order valence-corrected chi connectivity index (χ1v) is 7.13. The van der Waals surface area contributed by atoms with E-state index in [2.05, 4.69) is 15.3 Å². The zero-order valence-electron chi connectivity index (χ0n) is 11.8. The van der Waals surface area contributed by atoms with Crippen LogP contribution in [0.15, 0.2) is 40.9 Å². The minimum Gasteiger partial charge on any atom is -0.478 e. The molecular weight excluding hydrogens is 340 g/mol. The highest BCUT2D eigenvalue weighted by atomic mass is 32.1. The average Bonchev–Trinajstić information content (AvgIpc) is 3.03. The van der Waals surface area contributed by atoms with E-state index in [1.165, 1.54) is 35.7 Å².